The molecule has 0 unspecified atom stereocenters. The van der Waals surface area contributed by atoms with Crippen LogP contribution in [0.4, 0.5) is 0 Å². The molecule has 1 saturated carbocycles. The second-order valence-electron chi connectivity index (χ2n) is 5.61. The predicted octanol–water partition coefficient (Wildman–Crippen LogP) is 1.79. The zero-order valence-corrected chi connectivity index (χ0v) is 10.7. The van der Waals surface area contributed by atoms with E-state index >= 15 is 0 Å². The molecule has 1 aliphatic heterocycles. The molecule has 98 valence electrons. The summed E-state index contributed by atoms with van der Waals surface area (Å²) in [6.45, 7) is 3.89. The molecule has 0 spiro atoms. The molecule has 1 aromatic carbocycles. The fourth-order valence-electron chi connectivity index (χ4n) is 2.27. The molecule has 1 aromatic rings. The fraction of sp³-hybridized carbons (Fsp3) is 0.357. The predicted molar refractivity (Wildman–Crippen MR) is 64.9 cm³/mol. The van der Waals surface area contributed by atoms with Gasteiger partial charge in [-0.05, 0) is 24.0 Å². The van der Waals surface area contributed by atoms with Crippen LogP contribution in [0.5, 0.6) is 0 Å². The van der Waals surface area contributed by atoms with Gasteiger partial charge in [0, 0.05) is 0 Å². The number of amides is 2. The number of carbonyl (C=O) groups excluding carboxylic acids is 3. The second kappa shape index (κ2) is 3.66. The van der Waals surface area contributed by atoms with Crippen molar-refractivity contribution < 1.29 is 19.2 Å². The van der Waals surface area contributed by atoms with Gasteiger partial charge in [0.05, 0.1) is 17.0 Å². The molecule has 3 rings (SSSR count). The Morgan fingerprint density at radius 3 is 2.11 bits per heavy atom. The summed E-state index contributed by atoms with van der Waals surface area (Å²) in [5, 5.41) is 0.571. The third-order valence-corrected chi connectivity index (χ3v) is 3.74. The highest BCUT2D eigenvalue weighted by molar-refractivity contribution is 6.20. The Morgan fingerprint density at radius 2 is 1.68 bits per heavy atom. The summed E-state index contributed by atoms with van der Waals surface area (Å²) in [6, 6.07) is 6.42. The average molecular weight is 259 g/mol. The van der Waals surface area contributed by atoms with E-state index < -0.39 is 17.8 Å². The Hall–Kier alpha value is -2.17. The van der Waals surface area contributed by atoms with Gasteiger partial charge in [-0.2, -0.15) is 0 Å². The molecule has 0 bridgehead atoms. The van der Waals surface area contributed by atoms with Crippen LogP contribution in [0.1, 0.15) is 41.0 Å². The Morgan fingerprint density at radius 1 is 1.21 bits per heavy atom. The van der Waals surface area contributed by atoms with Crippen LogP contribution in [-0.4, -0.2) is 22.8 Å². The normalized spacial score (nSPS) is 23.3. The molecule has 1 heterocycles. The topological polar surface area (TPSA) is 63.7 Å². The summed E-state index contributed by atoms with van der Waals surface area (Å²) in [4.78, 5) is 40.8. The van der Waals surface area contributed by atoms with Crippen LogP contribution in [0.25, 0.3) is 0 Å². The summed E-state index contributed by atoms with van der Waals surface area (Å²) in [6.07, 6.45) is 0.717. The highest BCUT2D eigenvalue weighted by atomic mass is 16.7. The largest absolute Gasteiger partial charge is 0.336 e. The van der Waals surface area contributed by atoms with E-state index in [1.165, 1.54) is 0 Å². The molecular weight excluding hydrogens is 246 g/mol. The molecular formula is C14H13NO4. The van der Waals surface area contributed by atoms with Crippen molar-refractivity contribution in [1.29, 1.82) is 0 Å². The monoisotopic (exact) mass is 259 g/mol. The van der Waals surface area contributed by atoms with Crippen LogP contribution < -0.4 is 0 Å². The van der Waals surface area contributed by atoms with E-state index in [2.05, 4.69) is 0 Å². The number of carbonyl (C=O) groups is 3. The number of imide groups is 1. The van der Waals surface area contributed by atoms with Gasteiger partial charge in [0.25, 0.3) is 11.8 Å². The summed E-state index contributed by atoms with van der Waals surface area (Å²) in [7, 11) is 0. The number of hydroxylamine groups is 2. The van der Waals surface area contributed by atoms with Crippen LogP contribution in [0.3, 0.4) is 0 Å². The average Bonchev–Trinajstić information content (AvgIpc) is 2.96. The van der Waals surface area contributed by atoms with E-state index in [1.807, 2.05) is 13.8 Å². The van der Waals surface area contributed by atoms with Crippen LogP contribution in [0.2, 0.25) is 0 Å². The molecule has 2 aliphatic rings. The van der Waals surface area contributed by atoms with E-state index in [4.69, 9.17) is 4.84 Å². The first kappa shape index (κ1) is 11.9. The minimum absolute atomic E-state index is 0.101. The summed E-state index contributed by atoms with van der Waals surface area (Å²) < 4.78 is 0. The molecule has 2 amide bonds. The summed E-state index contributed by atoms with van der Waals surface area (Å²) >= 11 is 0. The lowest BCUT2D eigenvalue weighted by atomic mass is 10.1. The third-order valence-electron chi connectivity index (χ3n) is 3.74. The zero-order valence-electron chi connectivity index (χ0n) is 10.7. The fourth-order valence-corrected chi connectivity index (χ4v) is 2.27. The number of nitrogens with zero attached hydrogens (tertiary/aromatic N) is 1. The lowest BCUT2D eigenvalue weighted by molar-refractivity contribution is -0.171. The molecule has 0 radical (unpaired) electrons. The molecule has 5 heteroatoms. The number of benzene rings is 1. The highest BCUT2D eigenvalue weighted by Gasteiger charge is 2.53. The van der Waals surface area contributed by atoms with Crippen molar-refractivity contribution in [3.05, 3.63) is 35.4 Å². The first-order valence-corrected chi connectivity index (χ1v) is 6.11. The maximum absolute atomic E-state index is 12.0. The second-order valence-corrected chi connectivity index (χ2v) is 5.61. The Labute approximate surface area is 110 Å². The van der Waals surface area contributed by atoms with Crippen LogP contribution in [0, 0.1) is 11.3 Å². The molecule has 0 N–H and O–H groups in total. The molecule has 0 aromatic heterocycles. The number of rotatable bonds is 2. The van der Waals surface area contributed by atoms with Crippen LogP contribution in [0.15, 0.2) is 24.3 Å². The van der Waals surface area contributed by atoms with E-state index in [0.717, 1.165) is 6.42 Å². The molecule has 5 nitrogen and oxygen atoms in total. The first-order valence-electron chi connectivity index (χ1n) is 6.11. The van der Waals surface area contributed by atoms with Gasteiger partial charge >= 0.3 is 5.97 Å². The molecule has 1 aliphatic carbocycles. The highest BCUT2D eigenvalue weighted by Crippen LogP contribution is 2.52. The maximum Gasteiger partial charge on any atom is 0.336 e. The van der Waals surface area contributed by atoms with Crippen LogP contribution in [-0.2, 0) is 9.63 Å². The van der Waals surface area contributed by atoms with Crippen molar-refractivity contribution in [1.82, 2.24) is 5.06 Å². The Kier molecular flexibility index (Phi) is 2.29. The number of hydrogen-bond acceptors (Lipinski definition) is 4. The van der Waals surface area contributed by atoms with Gasteiger partial charge < -0.3 is 4.84 Å². The van der Waals surface area contributed by atoms with Gasteiger partial charge in [-0.3, -0.25) is 9.59 Å². The maximum atomic E-state index is 12.0. The third kappa shape index (κ3) is 1.73. The molecule has 0 saturated heterocycles. The molecule has 19 heavy (non-hydrogen) atoms. The van der Waals surface area contributed by atoms with E-state index in [9.17, 15) is 14.4 Å². The lowest BCUT2D eigenvalue weighted by Gasteiger charge is -2.13. The Balaban J connectivity index is 1.80. The summed E-state index contributed by atoms with van der Waals surface area (Å²) in [5.74, 6) is -1.91. The van der Waals surface area contributed by atoms with Crippen molar-refractivity contribution in [3.8, 4) is 0 Å². The number of fused-ring (bicyclic) bond motifs is 1. The number of hydrogen-bond donors (Lipinski definition) is 0. The minimum Gasteiger partial charge on any atom is -0.329 e. The quantitative estimate of drug-likeness (QED) is 0.759. The van der Waals surface area contributed by atoms with E-state index in [0.29, 0.717) is 5.06 Å². The van der Waals surface area contributed by atoms with Gasteiger partial charge in [-0.1, -0.05) is 31.0 Å². The lowest BCUT2D eigenvalue weighted by Crippen LogP contribution is -2.33. The standard InChI is InChI=1S/C14H13NO4/c1-14(2)7-10(14)13(18)19-15-11(16)8-5-3-4-6-9(8)12(15)17/h3-6,10H,7H2,1-2H3/t10-/m1/s1. The van der Waals surface area contributed by atoms with Gasteiger partial charge in [0.15, 0.2) is 0 Å². The Bertz CT molecular complexity index is 570. The molecule has 1 atom stereocenters. The van der Waals surface area contributed by atoms with E-state index in [-0.39, 0.29) is 22.5 Å². The first-order chi connectivity index (χ1) is 8.92. The van der Waals surface area contributed by atoms with Gasteiger partial charge in [-0.15, -0.1) is 0 Å². The van der Waals surface area contributed by atoms with Gasteiger partial charge in [0.1, 0.15) is 0 Å². The van der Waals surface area contributed by atoms with Gasteiger partial charge in [-0.25, -0.2) is 4.79 Å². The van der Waals surface area contributed by atoms with Crippen molar-refractivity contribution in [2.75, 3.05) is 0 Å². The minimum atomic E-state index is -0.576. The van der Waals surface area contributed by atoms with E-state index in [1.54, 1.807) is 24.3 Å². The van der Waals surface area contributed by atoms with Crippen LogP contribution >= 0.6 is 0 Å². The van der Waals surface area contributed by atoms with Gasteiger partial charge in [0.2, 0.25) is 0 Å². The zero-order chi connectivity index (χ0) is 13.8. The molecule has 1 fully saturated rings. The van der Waals surface area contributed by atoms with Crippen molar-refractivity contribution in [2.24, 2.45) is 11.3 Å². The SMILES string of the molecule is CC1(C)C[C@@H]1C(=O)ON1C(=O)c2ccccc2C1=O. The van der Waals surface area contributed by atoms with Crippen molar-refractivity contribution in [3.63, 3.8) is 0 Å². The van der Waals surface area contributed by atoms with Crippen molar-refractivity contribution >= 4 is 17.8 Å². The van der Waals surface area contributed by atoms with Crippen molar-refractivity contribution in [2.45, 2.75) is 20.3 Å². The summed E-state index contributed by atoms with van der Waals surface area (Å²) in [5.41, 5.74) is 0.446. The smallest absolute Gasteiger partial charge is 0.329 e.